The van der Waals surface area contributed by atoms with Crippen molar-refractivity contribution in [3.63, 3.8) is 0 Å². The van der Waals surface area contributed by atoms with Crippen molar-refractivity contribution in [2.75, 3.05) is 6.54 Å². The second-order valence-electron chi connectivity index (χ2n) is 11.2. The van der Waals surface area contributed by atoms with E-state index in [1.54, 1.807) is 18.7 Å². The van der Waals surface area contributed by atoms with Crippen LogP contribution in [0.4, 0.5) is 4.79 Å². The normalized spacial score (nSPS) is 26.2. The van der Waals surface area contributed by atoms with Crippen molar-refractivity contribution in [2.45, 2.75) is 135 Å². The van der Waals surface area contributed by atoms with Gasteiger partial charge in [0.25, 0.3) is 0 Å². The summed E-state index contributed by atoms with van der Waals surface area (Å²) in [4.78, 5) is 14.8. The minimum absolute atomic E-state index is 0.336. The highest BCUT2D eigenvalue weighted by atomic mass is 32.2. The number of nitrogens with one attached hydrogen (secondary N) is 1. The fourth-order valence-corrected chi connectivity index (χ4v) is 6.17. The lowest BCUT2D eigenvalue weighted by Crippen LogP contribution is -2.53. The van der Waals surface area contributed by atoms with Gasteiger partial charge >= 0.3 is 6.09 Å². The molecule has 0 aromatic heterocycles. The maximum Gasteiger partial charge on any atom is 0.412 e. The highest BCUT2D eigenvalue weighted by molar-refractivity contribution is 7.90. The number of rotatable bonds is 9. The fraction of sp³-hybridized carbons (Fsp3) is 0.958. The number of nitrogens with zero attached hydrogens (tertiary/aromatic N) is 1. The first kappa shape index (κ1) is 28.3. The molecule has 4 atom stereocenters. The lowest BCUT2D eigenvalue weighted by molar-refractivity contribution is -0.103. The first-order chi connectivity index (χ1) is 15.2. The van der Waals surface area contributed by atoms with Crippen molar-refractivity contribution in [3.05, 3.63) is 0 Å². The Kier molecular flexibility index (Phi) is 9.64. The first-order valence-electron chi connectivity index (χ1n) is 12.6. The quantitative estimate of drug-likeness (QED) is 0.470. The molecule has 0 aromatic rings. The molecule has 2 unspecified atom stereocenters. The molecule has 8 nitrogen and oxygen atoms in total. The molecule has 1 aliphatic carbocycles. The molecule has 1 saturated carbocycles. The lowest BCUT2D eigenvalue weighted by Gasteiger charge is -2.37. The van der Waals surface area contributed by atoms with Gasteiger partial charge in [-0.1, -0.05) is 45.4 Å². The number of unbranched alkanes of at least 4 members (excludes halogenated alkanes) is 1. The van der Waals surface area contributed by atoms with Crippen LogP contribution in [0, 0.1) is 5.92 Å². The Labute approximate surface area is 200 Å². The number of amides is 1. The number of carbonyl (C=O) groups is 1. The van der Waals surface area contributed by atoms with Crippen molar-refractivity contribution in [3.8, 4) is 0 Å². The molecule has 0 radical (unpaired) electrons. The average molecular weight is 491 g/mol. The Hall–Kier alpha value is -0.900. The lowest BCUT2D eigenvalue weighted by atomic mass is 9.82. The Bertz CT molecular complexity index is 743. The largest absolute Gasteiger partial charge is 0.444 e. The summed E-state index contributed by atoms with van der Waals surface area (Å²) in [6.45, 7) is 12.8. The molecular formula is C24H46N2O6S. The van der Waals surface area contributed by atoms with Crippen LogP contribution in [0.2, 0.25) is 0 Å². The zero-order chi connectivity index (χ0) is 25.0. The van der Waals surface area contributed by atoms with Gasteiger partial charge in [0.05, 0.1) is 6.04 Å². The SMILES string of the molecule is CCCCNS(=O)(=O)C(C)C(O)[C@@H]1OC(C)(C)N(C(=O)OC(C)(C)C)[C@H]1CC1CCCCC1. The molecule has 2 rings (SSSR count). The predicted octanol–water partition coefficient (Wildman–Crippen LogP) is 4.17. The van der Waals surface area contributed by atoms with Gasteiger partial charge < -0.3 is 14.6 Å². The van der Waals surface area contributed by atoms with Crippen molar-refractivity contribution in [1.82, 2.24) is 9.62 Å². The predicted molar refractivity (Wildman–Crippen MR) is 129 cm³/mol. The molecule has 1 amide bonds. The number of ether oxygens (including phenoxy) is 2. The van der Waals surface area contributed by atoms with Crippen LogP contribution in [-0.4, -0.2) is 65.9 Å². The van der Waals surface area contributed by atoms with E-state index < -0.39 is 50.9 Å². The molecular weight excluding hydrogens is 444 g/mol. The van der Waals surface area contributed by atoms with Crippen LogP contribution in [0.3, 0.4) is 0 Å². The van der Waals surface area contributed by atoms with Crippen molar-refractivity contribution in [1.29, 1.82) is 0 Å². The number of hydrogen-bond acceptors (Lipinski definition) is 6. The molecule has 1 heterocycles. The molecule has 0 aromatic carbocycles. The van der Waals surface area contributed by atoms with Gasteiger partial charge in [-0.2, -0.15) is 0 Å². The molecule has 0 bridgehead atoms. The van der Waals surface area contributed by atoms with Crippen LogP contribution < -0.4 is 4.72 Å². The van der Waals surface area contributed by atoms with E-state index in [-0.39, 0.29) is 0 Å². The van der Waals surface area contributed by atoms with E-state index in [1.807, 2.05) is 27.7 Å². The van der Waals surface area contributed by atoms with Gasteiger partial charge in [-0.15, -0.1) is 0 Å². The third-order valence-electron chi connectivity index (χ3n) is 6.75. The first-order valence-corrected chi connectivity index (χ1v) is 14.1. The molecule has 2 fully saturated rings. The van der Waals surface area contributed by atoms with Crippen LogP contribution in [0.5, 0.6) is 0 Å². The number of sulfonamides is 1. The summed E-state index contributed by atoms with van der Waals surface area (Å²) in [5, 5.41) is 10.2. The van der Waals surface area contributed by atoms with Crippen LogP contribution in [0.25, 0.3) is 0 Å². The molecule has 0 spiro atoms. The van der Waals surface area contributed by atoms with Gasteiger partial charge in [0.15, 0.2) is 0 Å². The summed E-state index contributed by atoms with van der Waals surface area (Å²) >= 11 is 0. The van der Waals surface area contributed by atoms with E-state index in [0.717, 1.165) is 38.5 Å². The minimum Gasteiger partial charge on any atom is -0.444 e. The van der Waals surface area contributed by atoms with Gasteiger partial charge in [0.2, 0.25) is 10.0 Å². The minimum atomic E-state index is -3.74. The van der Waals surface area contributed by atoms with E-state index in [1.165, 1.54) is 13.3 Å². The smallest absolute Gasteiger partial charge is 0.412 e. The molecule has 9 heteroatoms. The molecule has 33 heavy (non-hydrogen) atoms. The second kappa shape index (κ2) is 11.2. The third-order valence-corrected chi connectivity index (χ3v) is 8.61. The Morgan fingerprint density at radius 3 is 2.39 bits per heavy atom. The maximum atomic E-state index is 13.2. The Morgan fingerprint density at radius 1 is 1.24 bits per heavy atom. The van der Waals surface area contributed by atoms with Crippen molar-refractivity contribution in [2.24, 2.45) is 5.92 Å². The average Bonchev–Trinajstić information content (AvgIpc) is 2.96. The van der Waals surface area contributed by atoms with Gasteiger partial charge in [0.1, 0.15) is 28.8 Å². The summed E-state index contributed by atoms with van der Waals surface area (Å²) in [5.74, 6) is 0.399. The topological polar surface area (TPSA) is 105 Å². The summed E-state index contributed by atoms with van der Waals surface area (Å²) < 4.78 is 40.2. The standard InChI is InChI=1S/C24H46N2O6S/c1-8-9-15-25-33(29,30)17(2)20(27)21-19(16-18-13-11-10-12-14-18)26(24(6,7)31-21)22(28)32-23(3,4)5/h17-21,25,27H,8-16H2,1-7H3/t17?,19-,20?,21+/m0/s1. The monoisotopic (exact) mass is 490 g/mol. The highest BCUT2D eigenvalue weighted by Gasteiger charge is 2.55. The molecule has 2 aliphatic rings. The number of hydrogen-bond donors (Lipinski definition) is 2. The number of aliphatic hydroxyl groups is 1. The summed E-state index contributed by atoms with van der Waals surface area (Å²) in [7, 11) is -3.74. The van der Waals surface area contributed by atoms with Gasteiger partial charge in [-0.05, 0) is 60.3 Å². The van der Waals surface area contributed by atoms with Crippen molar-refractivity contribution >= 4 is 16.1 Å². The zero-order valence-electron chi connectivity index (χ0n) is 21.6. The van der Waals surface area contributed by atoms with Crippen LogP contribution in [-0.2, 0) is 19.5 Å². The van der Waals surface area contributed by atoms with E-state index >= 15 is 0 Å². The number of carbonyl (C=O) groups excluding carboxylic acids is 1. The van der Waals surface area contributed by atoms with Crippen LogP contribution in [0.15, 0.2) is 0 Å². The maximum absolute atomic E-state index is 13.2. The van der Waals surface area contributed by atoms with Gasteiger partial charge in [-0.3, -0.25) is 4.90 Å². The molecule has 194 valence electrons. The third kappa shape index (κ3) is 7.54. The van der Waals surface area contributed by atoms with Crippen LogP contribution in [0.1, 0.15) is 99.8 Å². The van der Waals surface area contributed by atoms with Gasteiger partial charge in [0, 0.05) is 6.54 Å². The molecule has 1 saturated heterocycles. The zero-order valence-corrected chi connectivity index (χ0v) is 22.4. The summed E-state index contributed by atoms with van der Waals surface area (Å²) in [6.07, 6.45) is 5.27. The Morgan fingerprint density at radius 2 is 1.85 bits per heavy atom. The fourth-order valence-electron chi connectivity index (χ4n) is 4.96. The van der Waals surface area contributed by atoms with Gasteiger partial charge in [-0.25, -0.2) is 17.9 Å². The summed E-state index contributed by atoms with van der Waals surface area (Å²) in [5.41, 5.74) is -1.72. The second-order valence-corrected chi connectivity index (χ2v) is 13.3. The van der Waals surface area contributed by atoms with E-state index in [0.29, 0.717) is 18.9 Å². The number of aliphatic hydroxyl groups excluding tert-OH is 1. The highest BCUT2D eigenvalue weighted by Crippen LogP contribution is 2.41. The van der Waals surface area contributed by atoms with E-state index in [4.69, 9.17) is 9.47 Å². The molecule has 2 N–H and O–H groups in total. The Balaban J connectivity index is 2.32. The van der Waals surface area contributed by atoms with E-state index in [2.05, 4.69) is 4.72 Å². The van der Waals surface area contributed by atoms with E-state index in [9.17, 15) is 18.3 Å². The molecule has 1 aliphatic heterocycles. The van der Waals surface area contributed by atoms with Crippen molar-refractivity contribution < 1.29 is 27.8 Å². The van der Waals surface area contributed by atoms with Crippen LogP contribution >= 0.6 is 0 Å². The summed E-state index contributed by atoms with van der Waals surface area (Å²) in [6, 6.07) is -0.471.